The van der Waals surface area contributed by atoms with Gasteiger partial charge in [0.1, 0.15) is 5.75 Å². The first-order chi connectivity index (χ1) is 11.6. The van der Waals surface area contributed by atoms with Gasteiger partial charge in [0, 0.05) is 13.1 Å². The number of amides is 1. The van der Waals surface area contributed by atoms with Crippen LogP contribution in [0.2, 0.25) is 0 Å². The van der Waals surface area contributed by atoms with Crippen LogP contribution in [-0.2, 0) is 13.2 Å². The molecule has 1 aromatic carbocycles. The van der Waals surface area contributed by atoms with Crippen LogP contribution in [0.4, 0.5) is 24.5 Å². The van der Waals surface area contributed by atoms with Crippen LogP contribution < -0.4 is 10.1 Å². The fraction of sp³-hybridized carbons (Fsp3) is 0.231. The van der Waals surface area contributed by atoms with Gasteiger partial charge in [-0.1, -0.05) is 0 Å². The van der Waals surface area contributed by atoms with E-state index in [2.05, 4.69) is 26.3 Å². The second kappa shape index (κ2) is 6.70. The van der Waals surface area contributed by atoms with E-state index < -0.39 is 32.9 Å². The van der Waals surface area contributed by atoms with Crippen LogP contribution in [0.15, 0.2) is 22.7 Å². The normalized spacial score (nSPS) is 11.3. The van der Waals surface area contributed by atoms with Crippen LogP contribution in [0.3, 0.4) is 0 Å². The van der Waals surface area contributed by atoms with E-state index in [0.717, 1.165) is 19.2 Å². The third kappa shape index (κ3) is 3.73. The first kappa shape index (κ1) is 18.7. The molecular formula is C13H10BrF3N4O4. The van der Waals surface area contributed by atoms with Crippen LogP contribution in [-0.4, -0.2) is 27.7 Å². The van der Waals surface area contributed by atoms with E-state index in [-0.39, 0.29) is 17.1 Å². The first-order valence-electron chi connectivity index (χ1n) is 6.49. The smallest absolute Gasteiger partial charge is 0.434 e. The average molecular weight is 423 g/mol. The maximum Gasteiger partial charge on any atom is 0.434 e. The van der Waals surface area contributed by atoms with E-state index in [1.807, 2.05) is 0 Å². The number of non-ortho nitro benzene ring substituents is 1. The van der Waals surface area contributed by atoms with Crippen LogP contribution in [0.1, 0.15) is 16.2 Å². The highest BCUT2D eigenvalue weighted by molar-refractivity contribution is 9.10. The number of hydrogen-bond donors (Lipinski definition) is 1. The zero-order valence-corrected chi connectivity index (χ0v) is 14.3. The third-order valence-electron chi connectivity index (χ3n) is 3.12. The van der Waals surface area contributed by atoms with Crippen molar-refractivity contribution in [2.75, 3.05) is 12.4 Å². The molecular weight excluding hydrogens is 413 g/mol. The Morgan fingerprint density at radius 1 is 1.44 bits per heavy atom. The fourth-order valence-electron chi connectivity index (χ4n) is 2.03. The van der Waals surface area contributed by atoms with Crippen molar-refractivity contribution in [3.8, 4) is 5.75 Å². The third-order valence-corrected chi connectivity index (χ3v) is 3.87. The predicted octanol–water partition coefficient (Wildman–Crippen LogP) is 3.37. The molecule has 25 heavy (non-hydrogen) atoms. The summed E-state index contributed by atoms with van der Waals surface area (Å²) in [5, 5.41) is 16.6. The fourth-order valence-corrected chi connectivity index (χ4v) is 2.77. The van der Waals surface area contributed by atoms with Crippen molar-refractivity contribution in [1.29, 1.82) is 0 Å². The number of nitro groups is 1. The molecule has 0 atom stereocenters. The van der Waals surface area contributed by atoms with E-state index in [1.54, 1.807) is 0 Å². The van der Waals surface area contributed by atoms with Crippen LogP contribution >= 0.6 is 15.9 Å². The number of nitrogens with zero attached hydrogens (tertiary/aromatic N) is 3. The lowest BCUT2D eigenvalue weighted by Crippen LogP contribution is -2.14. The van der Waals surface area contributed by atoms with Gasteiger partial charge in [0.05, 0.1) is 28.3 Å². The summed E-state index contributed by atoms with van der Waals surface area (Å²) < 4.78 is 43.8. The van der Waals surface area contributed by atoms with E-state index in [4.69, 9.17) is 4.74 Å². The second-order valence-electron chi connectivity index (χ2n) is 4.73. The predicted molar refractivity (Wildman–Crippen MR) is 83.5 cm³/mol. The standard InChI is InChI=1S/C13H10BrF3N4O4/c1-20-11(13(15,16)17)9(14)10(19-20)12(22)18-7-4-3-6(21(23)24)5-8(7)25-2/h3-5H,1-2H3,(H,18,22). The molecule has 0 saturated carbocycles. The van der Waals surface area contributed by atoms with E-state index in [1.165, 1.54) is 13.2 Å². The first-order valence-corrected chi connectivity index (χ1v) is 7.29. The number of hydrogen-bond acceptors (Lipinski definition) is 5. The van der Waals surface area contributed by atoms with E-state index >= 15 is 0 Å². The highest BCUT2D eigenvalue weighted by Gasteiger charge is 2.39. The minimum atomic E-state index is -4.70. The van der Waals surface area contributed by atoms with Gasteiger partial charge < -0.3 is 10.1 Å². The molecule has 1 heterocycles. The van der Waals surface area contributed by atoms with Gasteiger partial charge in [-0.3, -0.25) is 19.6 Å². The van der Waals surface area contributed by atoms with Gasteiger partial charge in [-0.05, 0) is 22.0 Å². The second-order valence-corrected chi connectivity index (χ2v) is 5.52. The Kier molecular flexibility index (Phi) is 5.02. The molecule has 0 aliphatic heterocycles. The highest BCUT2D eigenvalue weighted by atomic mass is 79.9. The van der Waals surface area contributed by atoms with Crippen molar-refractivity contribution in [3.63, 3.8) is 0 Å². The number of ether oxygens (including phenoxy) is 1. The monoisotopic (exact) mass is 422 g/mol. The summed E-state index contributed by atoms with van der Waals surface area (Å²) in [6.07, 6.45) is -4.70. The Balaban J connectivity index is 2.37. The largest absolute Gasteiger partial charge is 0.494 e. The Bertz CT molecular complexity index is 851. The van der Waals surface area contributed by atoms with Crippen LogP contribution in [0.25, 0.3) is 0 Å². The summed E-state index contributed by atoms with van der Waals surface area (Å²) >= 11 is 2.73. The van der Waals surface area contributed by atoms with Crippen LogP contribution in [0.5, 0.6) is 5.75 Å². The zero-order chi connectivity index (χ0) is 18.9. The van der Waals surface area contributed by atoms with Gasteiger partial charge in [-0.15, -0.1) is 0 Å². The molecule has 0 fully saturated rings. The summed E-state index contributed by atoms with van der Waals surface area (Å²) in [5.41, 5.74) is -1.83. The number of benzene rings is 1. The summed E-state index contributed by atoms with van der Waals surface area (Å²) in [4.78, 5) is 22.3. The molecule has 0 radical (unpaired) electrons. The number of nitro benzene ring substituents is 1. The number of anilines is 1. The molecule has 0 aliphatic carbocycles. The van der Waals surface area contributed by atoms with E-state index in [0.29, 0.717) is 4.68 Å². The topological polar surface area (TPSA) is 99.3 Å². The van der Waals surface area contributed by atoms with Crippen molar-refractivity contribution < 1.29 is 27.6 Å². The SMILES string of the molecule is COc1cc([N+](=O)[O-])ccc1NC(=O)c1nn(C)c(C(F)(F)F)c1Br. The van der Waals surface area contributed by atoms with Gasteiger partial charge in [-0.2, -0.15) is 18.3 Å². The number of halogens is 4. The number of carbonyl (C=O) groups excluding carboxylic acids is 1. The molecule has 1 N–H and O–H groups in total. The molecule has 0 spiro atoms. The van der Waals surface area contributed by atoms with Gasteiger partial charge in [0.25, 0.3) is 11.6 Å². The number of aryl methyl sites for hydroxylation is 1. The molecule has 0 unspecified atom stereocenters. The van der Waals surface area contributed by atoms with Gasteiger partial charge in [0.15, 0.2) is 11.4 Å². The number of alkyl halides is 3. The molecule has 2 aromatic rings. The lowest BCUT2D eigenvalue weighted by molar-refractivity contribution is -0.384. The number of rotatable bonds is 4. The molecule has 0 saturated heterocycles. The quantitative estimate of drug-likeness (QED) is 0.601. The Morgan fingerprint density at radius 2 is 2.08 bits per heavy atom. The van der Waals surface area contributed by atoms with Crippen molar-refractivity contribution >= 4 is 33.2 Å². The Morgan fingerprint density at radius 3 is 2.56 bits per heavy atom. The summed E-state index contributed by atoms with van der Waals surface area (Å²) in [6.45, 7) is 0. The number of nitrogens with one attached hydrogen (secondary N) is 1. The van der Waals surface area contributed by atoms with E-state index in [9.17, 15) is 28.1 Å². The lowest BCUT2D eigenvalue weighted by Gasteiger charge is -2.09. The molecule has 1 aromatic heterocycles. The lowest BCUT2D eigenvalue weighted by atomic mass is 10.2. The molecule has 0 aliphatic rings. The number of methoxy groups -OCH3 is 1. The summed E-state index contributed by atoms with van der Waals surface area (Å²) in [6, 6.07) is 3.40. The minimum Gasteiger partial charge on any atom is -0.494 e. The summed E-state index contributed by atoms with van der Waals surface area (Å²) in [7, 11) is 2.28. The van der Waals surface area contributed by atoms with Gasteiger partial charge in [0.2, 0.25) is 0 Å². The molecule has 12 heteroatoms. The molecule has 0 bridgehead atoms. The maximum absolute atomic E-state index is 12.9. The van der Waals surface area contributed by atoms with Crippen molar-refractivity contribution in [2.45, 2.75) is 6.18 Å². The maximum atomic E-state index is 12.9. The molecule has 8 nitrogen and oxygen atoms in total. The Hall–Kier alpha value is -2.63. The van der Waals surface area contributed by atoms with Crippen molar-refractivity contribution in [1.82, 2.24) is 9.78 Å². The van der Waals surface area contributed by atoms with Crippen molar-refractivity contribution in [2.24, 2.45) is 7.05 Å². The van der Waals surface area contributed by atoms with Crippen LogP contribution in [0, 0.1) is 10.1 Å². The average Bonchev–Trinajstić information content (AvgIpc) is 2.82. The molecule has 1 amide bonds. The number of aromatic nitrogens is 2. The van der Waals surface area contributed by atoms with Gasteiger partial charge in [-0.25, -0.2) is 0 Å². The highest BCUT2D eigenvalue weighted by Crippen LogP contribution is 2.37. The number of carbonyl (C=O) groups is 1. The Labute approximate surface area is 146 Å². The minimum absolute atomic E-state index is 0.0225. The van der Waals surface area contributed by atoms with Crippen molar-refractivity contribution in [3.05, 3.63) is 44.2 Å². The summed E-state index contributed by atoms with van der Waals surface area (Å²) in [5.74, 6) is -0.962. The molecule has 134 valence electrons. The zero-order valence-electron chi connectivity index (χ0n) is 12.7. The molecule has 2 rings (SSSR count). The van der Waals surface area contributed by atoms with Gasteiger partial charge >= 0.3 is 6.18 Å².